The van der Waals surface area contributed by atoms with Crippen LogP contribution in [0.25, 0.3) is 0 Å². The Morgan fingerprint density at radius 1 is 1.38 bits per heavy atom. The minimum atomic E-state index is -4.30. The van der Waals surface area contributed by atoms with E-state index in [-0.39, 0.29) is 18.0 Å². The summed E-state index contributed by atoms with van der Waals surface area (Å²) in [5, 5.41) is 27.1. The van der Waals surface area contributed by atoms with Crippen molar-refractivity contribution in [3.63, 3.8) is 0 Å². The molecule has 1 aromatic carbocycles. The van der Waals surface area contributed by atoms with Gasteiger partial charge in [-0.25, -0.2) is 4.57 Å². The van der Waals surface area contributed by atoms with Gasteiger partial charge in [0.25, 0.3) is 5.91 Å². The van der Waals surface area contributed by atoms with E-state index in [0.717, 1.165) is 0 Å². The molecule has 1 unspecified atom stereocenters. The van der Waals surface area contributed by atoms with E-state index in [2.05, 4.69) is 22.9 Å². The summed E-state index contributed by atoms with van der Waals surface area (Å²) >= 11 is 0. The van der Waals surface area contributed by atoms with E-state index in [1.165, 1.54) is 17.2 Å². The molecule has 0 aromatic heterocycles. The first-order valence-corrected chi connectivity index (χ1v) is 13.9. The van der Waals surface area contributed by atoms with Gasteiger partial charge in [0, 0.05) is 12.3 Å². The number of hydrogen-bond acceptors (Lipinski definition) is 10. The number of esters is 1. The van der Waals surface area contributed by atoms with Gasteiger partial charge >= 0.3 is 13.7 Å². The van der Waals surface area contributed by atoms with E-state index in [1.54, 1.807) is 44.2 Å². The van der Waals surface area contributed by atoms with Gasteiger partial charge in [-0.1, -0.05) is 44.0 Å². The molecule has 6 atom stereocenters. The number of nitrogens with zero attached hydrogens (tertiary/aromatic N) is 1. The highest BCUT2D eigenvalue weighted by atomic mass is 31.2. The second-order valence-electron chi connectivity index (χ2n) is 9.25. The third kappa shape index (κ3) is 7.28. The highest BCUT2D eigenvalue weighted by molar-refractivity contribution is 7.52. The number of carbonyl (C=O) groups is 2. The Morgan fingerprint density at radius 2 is 2.08 bits per heavy atom. The van der Waals surface area contributed by atoms with Gasteiger partial charge in [0.2, 0.25) is 0 Å². The number of carbonyl (C=O) groups excluding carboxylic acids is 2. The first kappa shape index (κ1) is 30.4. The molecule has 2 aliphatic rings. The van der Waals surface area contributed by atoms with Crippen molar-refractivity contribution < 1.29 is 42.9 Å². The van der Waals surface area contributed by atoms with E-state index >= 15 is 0 Å². The molecule has 212 valence electrons. The van der Waals surface area contributed by atoms with Crippen LogP contribution < -0.4 is 14.9 Å². The predicted molar refractivity (Wildman–Crippen MR) is 140 cm³/mol. The maximum absolute atomic E-state index is 13.9. The minimum absolute atomic E-state index is 0.0563. The van der Waals surface area contributed by atoms with Crippen LogP contribution in [0.4, 0.5) is 0 Å². The Labute approximate surface area is 227 Å². The van der Waals surface area contributed by atoms with E-state index in [4.69, 9.17) is 24.9 Å². The summed E-state index contributed by atoms with van der Waals surface area (Å²) in [6, 6.07) is 7.14. The Bertz CT molecular complexity index is 1170. The van der Waals surface area contributed by atoms with Crippen LogP contribution in [-0.2, 0) is 28.2 Å². The van der Waals surface area contributed by atoms with Crippen molar-refractivity contribution in [2.75, 3.05) is 6.61 Å². The van der Waals surface area contributed by atoms with Gasteiger partial charge in [-0.2, -0.15) is 5.09 Å². The van der Waals surface area contributed by atoms with E-state index in [0.29, 0.717) is 6.42 Å². The van der Waals surface area contributed by atoms with Gasteiger partial charge in [-0.05, 0) is 32.4 Å². The summed E-state index contributed by atoms with van der Waals surface area (Å²) in [5.41, 5.74) is -2.26. The number of rotatable bonds is 12. The summed E-state index contributed by atoms with van der Waals surface area (Å²) in [5.74, 6) is 1.31. The van der Waals surface area contributed by atoms with Gasteiger partial charge in [0.05, 0.1) is 12.7 Å². The normalized spacial score (nSPS) is 27.0. The number of hydrogen-bond donors (Lipinski definition) is 4. The number of aliphatic hydroxyl groups is 2. The van der Waals surface area contributed by atoms with Gasteiger partial charge in [0.15, 0.2) is 11.8 Å². The van der Waals surface area contributed by atoms with Crippen LogP contribution in [0.1, 0.15) is 33.6 Å². The first-order chi connectivity index (χ1) is 18.4. The van der Waals surface area contributed by atoms with Crippen molar-refractivity contribution in [3.05, 3.63) is 55.0 Å². The number of terminal acetylenes is 1. The molecule has 39 heavy (non-hydrogen) atoms. The Balaban J connectivity index is 1.84. The summed E-state index contributed by atoms with van der Waals surface area (Å²) in [6.45, 7) is 8.38. The molecule has 3 rings (SSSR count). The topological polar surface area (TPSA) is 156 Å². The maximum Gasteiger partial charge on any atom is 0.459 e. The zero-order valence-electron chi connectivity index (χ0n) is 22.0. The van der Waals surface area contributed by atoms with Crippen molar-refractivity contribution in [2.45, 2.75) is 69.8 Å². The van der Waals surface area contributed by atoms with Gasteiger partial charge in [-0.15, -0.1) is 6.42 Å². The molecule has 0 aliphatic carbocycles. The van der Waals surface area contributed by atoms with Crippen LogP contribution in [0.2, 0.25) is 0 Å². The summed E-state index contributed by atoms with van der Waals surface area (Å²) in [6.07, 6.45) is 4.08. The lowest BCUT2D eigenvalue weighted by Crippen LogP contribution is -2.54. The van der Waals surface area contributed by atoms with E-state index in [9.17, 15) is 24.4 Å². The highest BCUT2D eigenvalue weighted by Crippen LogP contribution is 2.46. The molecule has 1 saturated heterocycles. The first-order valence-electron chi connectivity index (χ1n) is 12.4. The molecular formula is C26H34N3O9P. The molecule has 4 N–H and O–H groups in total. The molecule has 13 heteroatoms. The number of aliphatic hydroxyl groups excluding tert-OH is 1. The molecule has 0 spiro atoms. The van der Waals surface area contributed by atoms with E-state index in [1.807, 2.05) is 6.92 Å². The zero-order chi connectivity index (χ0) is 28.8. The van der Waals surface area contributed by atoms with Crippen molar-refractivity contribution in [1.82, 2.24) is 15.3 Å². The monoisotopic (exact) mass is 563 g/mol. The Hall–Kier alpha value is -3.17. The Kier molecular flexibility index (Phi) is 9.96. The van der Waals surface area contributed by atoms with Crippen molar-refractivity contribution in [3.8, 4) is 18.1 Å². The van der Waals surface area contributed by atoms with Gasteiger partial charge in [0.1, 0.15) is 29.8 Å². The van der Waals surface area contributed by atoms with Crippen LogP contribution in [0, 0.1) is 12.3 Å². The highest BCUT2D eigenvalue weighted by Gasteiger charge is 2.57. The lowest BCUT2D eigenvalue weighted by atomic mass is 9.94. The van der Waals surface area contributed by atoms with E-state index < -0.39 is 62.4 Å². The van der Waals surface area contributed by atoms with Gasteiger partial charge in [-0.3, -0.25) is 14.1 Å². The average Bonchev–Trinajstić information content (AvgIpc) is 3.13. The summed E-state index contributed by atoms with van der Waals surface area (Å²) < 4.78 is 36.4. The molecule has 1 aromatic rings. The zero-order valence-corrected chi connectivity index (χ0v) is 22.9. The summed E-state index contributed by atoms with van der Waals surface area (Å²) in [7, 11) is -4.30. The second-order valence-corrected chi connectivity index (χ2v) is 10.9. The molecule has 2 heterocycles. The number of benzene rings is 1. The fraction of sp³-hybridized carbons (Fsp3) is 0.462. The Morgan fingerprint density at radius 3 is 2.67 bits per heavy atom. The lowest BCUT2D eigenvalue weighted by molar-refractivity contribution is -0.149. The maximum atomic E-state index is 13.9. The number of amides is 1. The van der Waals surface area contributed by atoms with Crippen LogP contribution in [0.15, 0.2) is 55.0 Å². The van der Waals surface area contributed by atoms with Gasteiger partial charge < -0.3 is 34.4 Å². The average molecular weight is 564 g/mol. The molecular weight excluding hydrogens is 529 g/mol. The molecule has 0 saturated carbocycles. The molecule has 2 aliphatic heterocycles. The molecule has 0 radical (unpaired) electrons. The number of para-hydroxylation sites is 1. The van der Waals surface area contributed by atoms with Crippen molar-refractivity contribution >= 4 is 19.6 Å². The quantitative estimate of drug-likeness (QED) is 0.167. The van der Waals surface area contributed by atoms with Crippen molar-refractivity contribution in [1.29, 1.82) is 0 Å². The van der Waals surface area contributed by atoms with Crippen LogP contribution in [-0.4, -0.2) is 69.8 Å². The standard InChI is InChI=1S/C26H34N3O9P/c1-6-11-20(24(32)36-17(3)4)28-39(34,38-19-12-9-8-10-13-19)35-16-21-23(31)26(33,7-2)25(37-21)29-15-14-22(30)27-18(29)5/h2,8-10,12-15,17,20-21,23,25,31,33H,5-6,11,16H2,1,3-4H3,(H,27,30)(H,28,34)/t20-,21+,23+,25+,26+,39?/m0/s1. The number of nitrogens with one attached hydrogen (secondary N) is 2. The molecule has 1 amide bonds. The van der Waals surface area contributed by atoms with Crippen molar-refractivity contribution in [2.24, 2.45) is 0 Å². The largest absolute Gasteiger partial charge is 0.462 e. The second kappa shape index (κ2) is 12.8. The predicted octanol–water partition coefficient (Wildman–Crippen LogP) is 1.77. The SMILES string of the molecule is C#C[C@@]1(O)[C@H](O)[C@@H](COP(=O)(N[C@@H](CCC)C(=O)OC(C)C)Oc2ccccc2)O[C@H]1N1C=CC(=O)NC1=C. The smallest absolute Gasteiger partial charge is 0.459 e. The van der Waals surface area contributed by atoms with Crippen LogP contribution in [0.5, 0.6) is 5.75 Å². The third-order valence-electron chi connectivity index (χ3n) is 5.84. The van der Waals surface area contributed by atoms with Crippen LogP contribution in [0.3, 0.4) is 0 Å². The molecule has 1 fully saturated rings. The lowest BCUT2D eigenvalue weighted by Gasteiger charge is -2.36. The fourth-order valence-electron chi connectivity index (χ4n) is 3.95. The minimum Gasteiger partial charge on any atom is -0.462 e. The molecule has 12 nitrogen and oxygen atoms in total. The summed E-state index contributed by atoms with van der Waals surface area (Å²) in [4.78, 5) is 25.6. The number of ether oxygens (including phenoxy) is 2. The third-order valence-corrected chi connectivity index (χ3v) is 7.41. The molecule has 0 bridgehead atoms. The van der Waals surface area contributed by atoms with Crippen LogP contribution >= 0.6 is 7.75 Å². The fourth-order valence-corrected chi connectivity index (χ4v) is 5.49.